The van der Waals surface area contributed by atoms with Crippen LogP contribution in [0.5, 0.6) is 0 Å². The first-order chi connectivity index (χ1) is 13.4. The number of hydrogen-bond acceptors (Lipinski definition) is 2. The molecule has 2 nitrogen and oxygen atoms in total. The van der Waals surface area contributed by atoms with Crippen molar-refractivity contribution in [2.75, 3.05) is 24.5 Å². The topological polar surface area (TPSA) is 15.3 Å². The molecule has 3 aromatic rings. The van der Waals surface area contributed by atoms with E-state index in [9.17, 15) is 0 Å². The van der Waals surface area contributed by atoms with E-state index in [0.29, 0.717) is 12.0 Å². The van der Waals surface area contributed by atoms with Gasteiger partial charge in [-0.1, -0.05) is 72.8 Å². The van der Waals surface area contributed by atoms with Gasteiger partial charge in [0.05, 0.1) is 0 Å². The lowest BCUT2D eigenvalue weighted by atomic mass is 9.88. The maximum atomic E-state index is 3.99. The lowest BCUT2D eigenvalue weighted by Gasteiger charge is -2.36. The van der Waals surface area contributed by atoms with Crippen molar-refractivity contribution >= 4 is 5.69 Å². The number of nitrogens with one attached hydrogen (secondary N) is 1. The van der Waals surface area contributed by atoms with Crippen LogP contribution < -0.4 is 10.2 Å². The van der Waals surface area contributed by atoms with Crippen LogP contribution in [-0.4, -0.2) is 25.7 Å². The normalized spacial score (nSPS) is 20.8. The first-order valence-corrected chi connectivity index (χ1v) is 9.75. The third-order valence-corrected chi connectivity index (χ3v) is 5.90. The Morgan fingerprint density at radius 3 is 2.52 bits per heavy atom. The van der Waals surface area contributed by atoms with Gasteiger partial charge in [-0.05, 0) is 33.9 Å². The number of rotatable bonds is 3. The van der Waals surface area contributed by atoms with Crippen molar-refractivity contribution in [3.63, 3.8) is 0 Å². The van der Waals surface area contributed by atoms with Gasteiger partial charge in [-0.2, -0.15) is 0 Å². The second-order valence-electron chi connectivity index (χ2n) is 7.41. The van der Waals surface area contributed by atoms with E-state index in [2.05, 4.69) is 89.6 Å². The van der Waals surface area contributed by atoms with Gasteiger partial charge in [0.1, 0.15) is 0 Å². The van der Waals surface area contributed by atoms with Crippen molar-refractivity contribution in [2.45, 2.75) is 12.0 Å². The third-order valence-electron chi connectivity index (χ3n) is 5.90. The summed E-state index contributed by atoms with van der Waals surface area (Å²) in [7, 11) is 0. The van der Waals surface area contributed by atoms with Crippen LogP contribution in [0.3, 0.4) is 0 Å². The van der Waals surface area contributed by atoms with E-state index in [-0.39, 0.29) is 0 Å². The smallest absolute Gasteiger partial charge is 0.0425 e. The van der Waals surface area contributed by atoms with Gasteiger partial charge in [-0.3, -0.25) is 0 Å². The molecule has 1 N–H and O–H groups in total. The summed E-state index contributed by atoms with van der Waals surface area (Å²) >= 11 is 0. The maximum Gasteiger partial charge on any atom is 0.0425 e. The molecule has 0 aromatic heterocycles. The van der Waals surface area contributed by atoms with Crippen LogP contribution >= 0.6 is 0 Å². The number of hydrogen-bond donors (Lipinski definition) is 1. The van der Waals surface area contributed by atoms with E-state index in [4.69, 9.17) is 0 Å². The molecule has 1 heterocycles. The first kappa shape index (κ1) is 16.3. The summed E-state index contributed by atoms with van der Waals surface area (Å²) in [6.45, 7) is 6.98. The Hall–Kier alpha value is -2.84. The molecule has 0 radical (unpaired) electrons. The summed E-state index contributed by atoms with van der Waals surface area (Å²) in [5.41, 5.74) is 8.36. The second-order valence-corrected chi connectivity index (χ2v) is 7.41. The lowest BCUT2D eigenvalue weighted by Crippen LogP contribution is -2.50. The molecule has 0 spiro atoms. The molecule has 1 aliphatic heterocycles. The van der Waals surface area contributed by atoms with Crippen LogP contribution in [-0.2, 0) is 0 Å². The van der Waals surface area contributed by atoms with Crippen molar-refractivity contribution in [3.8, 4) is 11.1 Å². The zero-order valence-electron chi connectivity index (χ0n) is 15.4. The lowest BCUT2D eigenvalue weighted by molar-refractivity contribution is 0.517. The van der Waals surface area contributed by atoms with Crippen molar-refractivity contribution < 1.29 is 0 Å². The predicted molar refractivity (Wildman–Crippen MR) is 113 cm³/mol. The SMILES string of the molecule is C=CC1CN(c2cccc3c2C(c2ccccc2)c2ccccc2-3)CCN1. The van der Waals surface area contributed by atoms with Crippen molar-refractivity contribution in [3.05, 3.63) is 102 Å². The van der Waals surface area contributed by atoms with Gasteiger partial charge in [0, 0.05) is 37.3 Å². The highest BCUT2D eigenvalue weighted by molar-refractivity contribution is 5.86. The van der Waals surface area contributed by atoms with E-state index in [1.165, 1.54) is 33.5 Å². The summed E-state index contributed by atoms with van der Waals surface area (Å²) in [5, 5.41) is 3.54. The average molecular weight is 352 g/mol. The molecule has 3 aromatic carbocycles. The molecule has 5 rings (SSSR count). The highest BCUT2D eigenvalue weighted by Gasteiger charge is 2.33. The molecule has 0 bridgehead atoms. The molecule has 0 amide bonds. The summed E-state index contributed by atoms with van der Waals surface area (Å²) in [6, 6.07) is 26.9. The number of anilines is 1. The summed E-state index contributed by atoms with van der Waals surface area (Å²) < 4.78 is 0. The van der Waals surface area contributed by atoms with Gasteiger partial charge in [-0.15, -0.1) is 6.58 Å². The molecule has 1 fully saturated rings. The van der Waals surface area contributed by atoms with E-state index < -0.39 is 0 Å². The average Bonchev–Trinajstić information content (AvgIpc) is 3.09. The number of fused-ring (bicyclic) bond motifs is 3. The second kappa shape index (κ2) is 6.71. The van der Waals surface area contributed by atoms with E-state index >= 15 is 0 Å². The van der Waals surface area contributed by atoms with Crippen LogP contribution in [0.1, 0.15) is 22.6 Å². The molecule has 2 aliphatic rings. The molecular weight excluding hydrogens is 328 g/mol. The largest absolute Gasteiger partial charge is 0.368 e. The number of nitrogens with zero attached hydrogens (tertiary/aromatic N) is 1. The number of benzene rings is 3. The zero-order chi connectivity index (χ0) is 18.2. The van der Waals surface area contributed by atoms with Crippen LogP contribution in [0.25, 0.3) is 11.1 Å². The molecular formula is C25H24N2. The van der Waals surface area contributed by atoms with Gasteiger partial charge in [0.15, 0.2) is 0 Å². The Kier molecular flexibility index (Phi) is 4.06. The molecule has 1 saturated heterocycles. The van der Waals surface area contributed by atoms with Crippen molar-refractivity contribution in [1.82, 2.24) is 5.32 Å². The van der Waals surface area contributed by atoms with Crippen LogP contribution in [0.4, 0.5) is 5.69 Å². The van der Waals surface area contributed by atoms with Gasteiger partial charge >= 0.3 is 0 Å². The molecule has 27 heavy (non-hydrogen) atoms. The molecule has 2 heteroatoms. The predicted octanol–water partition coefficient (Wildman–Crippen LogP) is 4.81. The molecule has 0 saturated carbocycles. The summed E-state index contributed by atoms with van der Waals surface area (Å²) in [5.74, 6) is 0.297. The van der Waals surface area contributed by atoms with E-state index in [1.807, 2.05) is 6.08 Å². The Balaban J connectivity index is 1.69. The van der Waals surface area contributed by atoms with Gasteiger partial charge in [0.25, 0.3) is 0 Å². The minimum Gasteiger partial charge on any atom is -0.368 e. The minimum absolute atomic E-state index is 0.297. The Labute approximate surface area is 161 Å². The van der Waals surface area contributed by atoms with Crippen molar-refractivity contribution in [2.24, 2.45) is 0 Å². The molecule has 2 unspecified atom stereocenters. The van der Waals surface area contributed by atoms with Crippen LogP contribution in [0.2, 0.25) is 0 Å². The van der Waals surface area contributed by atoms with Crippen LogP contribution in [0, 0.1) is 0 Å². The van der Waals surface area contributed by atoms with Gasteiger partial charge in [-0.25, -0.2) is 0 Å². The fourth-order valence-corrected chi connectivity index (χ4v) is 4.66. The fourth-order valence-electron chi connectivity index (χ4n) is 4.66. The van der Waals surface area contributed by atoms with E-state index in [0.717, 1.165) is 19.6 Å². The Morgan fingerprint density at radius 1 is 0.889 bits per heavy atom. The zero-order valence-corrected chi connectivity index (χ0v) is 15.4. The van der Waals surface area contributed by atoms with Crippen LogP contribution in [0.15, 0.2) is 85.5 Å². The van der Waals surface area contributed by atoms with Crippen molar-refractivity contribution in [1.29, 1.82) is 0 Å². The minimum atomic E-state index is 0.297. The quantitative estimate of drug-likeness (QED) is 0.532. The standard InChI is InChI=1S/C25H24N2/c1-2-19-17-27(16-15-26-19)23-14-8-13-22-20-11-6-7-12-21(20)24(25(22)23)18-9-4-3-5-10-18/h2-14,19,24,26H,1,15-17H2. The maximum absolute atomic E-state index is 3.99. The first-order valence-electron chi connectivity index (χ1n) is 9.75. The highest BCUT2D eigenvalue weighted by atomic mass is 15.2. The summed E-state index contributed by atoms with van der Waals surface area (Å²) in [4.78, 5) is 2.53. The Morgan fingerprint density at radius 2 is 1.67 bits per heavy atom. The van der Waals surface area contributed by atoms with Gasteiger partial charge < -0.3 is 10.2 Å². The molecule has 134 valence electrons. The summed E-state index contributed by atoms with van der Waals surface area (Å²) in [6.07, 6.45) is 2.03. The van der Waals surface area contributed by atoms with E-state index in [1.54, 1.807) is 0 Å². The fraction of sp³-hybridized carbons (Fsp3) is 0.200. The molecule has 2 atom stereocenters. The van der Waals surface area contributed by atoms with Gasteiger partial charge in [0.2, 0.25) is 0 Å². The Bertz CT molecular complexity index is 977. The highest BCUT2D eigenvalue weighted by Crippen LogP contribution is 2.51. The number of piperazine rings is 1. The monoisotopic (exact) mass is 352 g/mol. The third kappa shape index (κ3) is 2.68. The molecule has 1 aliphatic carbocycles.